The van der Waals surface area contributed by atoms with E-state index < -0.39 is 34.7 Å². The minimum atomic E-state index is -1.51. The molecular weight excluding hydrogens is 476 g/mol. The van der Waals surface area contributed by atoms with Crippen molar-refractivity contribution in [3.8, 4) is 0 Å². The van der Waals surface area contributed by atoms with Gasteiger partial charge in [0.15, 0.2) is 0 Å². The molecule has 8 heteroatoms. The van der Waals surface area contributed by atoms with Gasteiger partial charge in [-0.05, 0) is 64.2 Å². The van der Waals surface area contributed by atoms with Crippen LogP contribution in [0.15, 0.2) is 65.3 Å². The molecule has 1 aromatic carbocycles. The summed E-state index contributed by atoms with van der Waals surface area (Å²) in [5, 5.41) is 10.2. The first-order valence-electron chi connectivity index (χ1n) is 12.0. The molecule has 1 N–H and O–H groups in total. The third-order valence-corrected chi connectivity index (χ3v) is 7.01. The topological polar surface area (TPSA) is 116 Å². The van der Waals surface area contributed by atoms with Crippen molar-refractivity contribution in [3.63, 3.8) is 0 Å². The molecule has 2 atom stereocenters. The number of aliphatic carboxylic acids is 1. The van der Waals surface area contributed by atoms with Gasteiger partial charge in [0.1, 0.15) is 13.2 Å². The number of carboxylic acid groups (broad SMARTS) is 1. The average molecular weight is 515 g/mol. The number of benzene rings is 1. The maximum atomic E-state index is 13.7. The molecule has 0 aliphatic rings. The second kappa shape index (κ2) is 13.6. The third kappa shape index (κ3) is 7.41. The maximum absolute atomic E-state index is 13.7. The summed E-state index contributed by atoms with van der Waals surface area (Å²) >= 11 is 0. The van der Waals surface area contributed by atoms with Crippen molar-refractivity contribution >= 4 is 23.9 Å². The Kier molecular flexibility index (Phi) is 11.5. The lowest BCUT2D eigenvalue weighted by molar-refractivity contribution is -0.155. The minimum absolute atomic E-state index is 0.0246. The zero-order valence-corrected chi connectivity index (χ0v) is 22.8. The Morgan fingerprint density at radius 2 is 1.54 bits per heavy atom. The summed E-state index contributed by atoms with van der Waals surface area (Å²) in [7, 11) is 1.23. The van der Waals surface area contributed by atoms with Gasteiger partial charge in [0.25, 0.3) is 0 Å². The molecule has 0 amide bonds. The predicted molar refractivity (Wildman–Crippen MR) is 139 cm³/mol. The summed E-state index contributed by atoms with van der Waals surface area (Å²) in [6, 6.07) is 9.07. The second-order valence-electron chi connectivity index (χ2n) is 9.29. The highest BCUT2D eigenvalue weighted by Crippen LogP contribution is 2.45. The van der Waals surface area contributed by atoms with Gasteiger partial charge < -0.3 is 19.3 Å². The molecule has 0 saturated heterocycles. The van der Waals surface area contributed by atoms with Crippen molar-refractivity contribution < 1.29 is 38.5 Å². The van der Waals surface area contributed by atoms with E-state index in [4.69, 9.17) is 14.2 Å². The molecule has 37 heavy (non-hydrogen) atoms. The Balaban J connectivity index is 3.77. The molecule has 0 fully saturated rings. The lowest BCUT2D eigenvalue weighted by atomic mass is 9.67. The van der Waals surface area contributed by atoms with Crippen LogP contribution in [0.25, 0.3) is 0 Å². The molecule has 0 aliphatic heterocycles. The Morgan fingerprint density at radius 1 is 0.946 bits per heavy atom. The first-order chi connectivity index (χ1) is 17.3. The zero-order valence-electron chi connectivity index (χ0n) is 22.8. The summed E-state index contributed by atoms with van der Waals surface area (Å²) in [6.07, 6.45) is 1.34. The Hall–Kier alpha value is -3.68. The van der Waals surface area contributed by atoms with E-state index in [-0.39, 0.29) is 42.8 Å². The van der Waals surface area contributed by atoms with Crippen LogP contribution in [0, 0.1) is 10.8 Å². The van der Waals surface area contributed by atoms with E-state index in [1.807, 2.05) is 18.2 Å². The van der Waals surface area contributed by atoms with Crippen molar-refractivity contribution in [2.75, 3.05) is 13.7 Å². The largest absolute Gasteiger partial charge is 0.481 e. The van der Waals surface area contributed by atoms with Crippen LogP contribution in [0.3, 0.4) is 0 Å². The predicted octanol–water partition coefficient (Wildman–Crippen LogP) is 5.18. The van der Waals surface area contributed by atoms with Crippen LogP contribution < -0.4 is 0 Å². The molecular formula is C29H38O8. The quantitative estimate of drug-likeness (QED) is 0.166. The van der Waals surface area contributed by atoms with Crippen LogP contribution in [-0.4, -0.2) is 42.7 Å². The Morgan fingerprint density at radius 3 is 2.03 bits per heavy atom. The highest BCUT2D eigenvalue weighted by molar-refractivity contribution is 5.93. The fourth-order valence-corrected chi connectivity index (χ4v) is 3.92. The number of rotatable bonds is 13. The van der Waals surface area contributed by atoms with Crippen molar-refractivity contribution in [1.29, 1.82) is 0 Å². The number of carbonyl (C=O) groups is 4. The number of methoxy groups -OCH3 is 1. The van der Waals surface area contributed by atoms with Gasteiger partial charge in [-0.15, -0.1) is 0 Å². The van der Waals surface area contributed by atoms with E-state index >= 15 is 0 Å². The normalized spacial score (nSPS) is 15.6. The summed E-state index contributed by atoms with van der Waals surface area (Å²) in [6.45, 7) is 12.8. The molecule has 0 aliphatic carbocycles. The summed E-state index contributed by atoms with van der Waals surface area (Å²) < 4.78 is 15.7. The average Bonchev–Trinajstić information content (AvgIpc) is 2.91. The lowest BCUT2D eigenvalue weighted by Gasteiger charge is -2.36. The summed E-state index contributed by atoms with van der Waals surface area (Å²) in [4.78, 5) is 51.3. The summed E-state index contributed by atoms with van der Waals surface area (Å²) in [5.41, 5.74) is -1.46. The molecule has 1 rings (SSSR count). The van der Waals surface area contributed by atoms with Gasteiger partial charge in [-0.3, -0.25) is 9.59 Å². The first-order valence-corrected chi connectivity index (χ1v) is 12.0. The van der Waals surface area contributed by atoms with E-state index in [9.17, 15) is 24.3 Å². The van der Waals surface area contributed by atoms with Crippen molar-refractivity contribution in [2.45, 2.75) is 61.0 Å². The molecule has 0 radical (unpaired) electrons. The number of esters is 3. The number of hydrogen-bond acceptors (Lipinski definition) is 7. The SMILES string of the molecule is C=CCOC(=O)/C(C)=C(/CC(C)(C(=O)OCc1ccccc1)/C(C)=C(/C)C(=O)OC)C(C)(CC)C(=O)O. The molecule has 0 bridgehead atoms. The van der Waals surface area contributed by atoms with E-state index in [1.54, 1.807) is 32.9 Å². The van der Waals surface area contributed by atoms with Gasteiger partial charge in [0.2, 0.25) is 0 Å². The smallest absolute Gasteiger partial charge is 0.334 e. The number of ether oxygens (including phenoxy) is 3. The molecule has 202 valence electrons. The zero-order chi connectivity index (χ0) is 28.4. The van der Waals surface area contributed by atoms with Crippen LogP contribution in [-0.2, 0) is 40.0 Å². The molecule has 0 spiro atoms. The first kappa shape index (κ1) is 31.4. The van der Waals surface area contributed by atoms with E-state index in [0.29, 0.717) is 5.57 Å². The van der Waals surface area contributed by atoms with Crippen LogP contribution in [0.5, 0.6) is 0 Å². The molecule has 0 heterocycles. The van der Waals surface area contributed by atoms with E-state index in [2.05, 4.69) is 6.58 Å². The fraction of sp³-hybridized carbons (Fsp3) is 0.448. The van der Waals surface area contributed by atoms with Gasteiger partial charge in [-0.2, -0.15) is 0 Å². The number of carbonyl (C=O) groups excluding carboxylic acids is 3. The molecule has 2 unspecified atom stereocenters. The molecule has 0 aromatic heterocycles. The highest BCUT2D eigenvalue weighted by atomic mass is 16.5. The van der Waals surface area contributed by atoms with Gasteiger partial charge in [0.05, 0.1) is 17.9 Å². The highest BCUT2D eigenvalue weighted by Gasteiger charge is 2.46. The van der Waals surface area contributed by atoms with Gasteiger partial charge in [-0.25, -0.2) is 9.59 Å². The Bertz CT molecular complexity index is 1080. The maximum Gasteiger partial charge on any atom is 0.334 e. The van der Waals surface area contributed by atoms with Crippen molar-refractivity contribution in [1.82, 2.24) is 0 Å². The van der Waals surface area contributed by atoms with Crippen LogP contribution >= 0.6 is 0 Å². The van der Waals surface area contributed by atoms with Gasteiger partial charge in [-0.1, -0.05) is 49.9 Å². The number of carboxylic acids is 1. The van der Waals surface area contributed by atoms with Gasteiger partial charge in [0, 0.05) is 11.1 Å². The van der Waals surface area contributed by atoms with Crippen molar-refractivity contribution in [3.05, 3.63) is 70.8 Å². The minimum Gasteiger partial charge on any atom is -0.481 e. The monoisotopic (exact) mass is 514 g/mol. The fourth-order valence-electron chi connectivity index (χ4n) is 3.92. The standard InChI is InChI=1S/C29H38O8/c1-9-16-36-25(31)20(4)23(28(6,10-2)26(32)33)17-29(7,21(5)19(3)24(30)35-8)27(34)37-18-22-14-12-11-13-15-22/h9,11-15H,1,10,16-18H2,2-8H3,(H,32,33)/b21-19-,23-20-. The molecule has 0 saturated carbocycles. The van der Waals surface area contributed by atoms with Crippen LogP contribution in [0.2, 0.25) is 0 Å². The Labute approximate surface area is 219 Å². The molecule has 8 nitrogen and oxygen atoms in total. The van der Waals surface area contributed by atoms with Crippen molar-refractivity contribution in [2.24, 2.45) is 10.8 Å². The van der Waals surface area contributed by atoms with Crippen LogP contribution in [0.1, 0.15) is 59.9 Å². The third-order valence-electron chi connectivity index (χ3n) is 7.01. The van der Waals surface area contributed by atoms with Crippen LogP contribution in [0.4, 0.5) is 0 Å². The number of hydrogen-bond donors (Lipinski definition) is 1. The summed E-state index contributed by atoms with van der Waals surface area (Å²) in [5.74, 6) is -3.19. The van der Waals surface area contributed by atoms with E-state index in [0.717, 1.165) is 5.56 Å². The molecule has 1 aromatic rings. The lowest BCUT2D eigenvalue weighted by Crippen LogP contribution is -2.39. The second-order valence-corrected chi connectivity index (χ2v) is 9.29. The van der Waals surface area contributed by atoms with E-state index in [1.165, 1.54) is 34.0 Å². The van der Waals surface area contributed by atoms with Gasteiger partial charge >= 0.3 is 23.9 Å².